The van der Waals surface area contributed by atoms with Gasteiger partial charge in [-0.25, -0.2) is 4.39 Å². The predicted molar refractivity (Wildman–Crippen MR) is 66.4 cm³/mol. The van der Waals surface area contributed by atoms with Crippen molar-refractivity contribution in [3.8, 4) is 0 Å². The van der Waals surface area contributed by atoms with Crippen LogP contribution in [0.15, 0.2) is 24.3 Å². The Balaban J connectivity index is 2.76. The summed E-state index contributed by atoms with van der Waals surface area (Å²) < 4.78 is 18.2. The van der Waals surface area contributed by atoms with Crippen LogP contribution in [0.25, 0.3) is 0 Å². The van der Waals surface area contributed by atoms with Crippen LogP contribution < -0.4 is 0 Å². The minimum absolute atomic E-state index is 0.257. The maximum absolute atomic E-state index is 12.8. The average molecular weight is 240 g/mol. The Labute approximate surface area is 102 Å². The monoisotopic (exact) mass is 240 g/mol. The molecule has 0 amide bonds. The molecule has 1 aromatic rings. The maximum atomic E-state index is 12.8. The number of hydrogen-bond acceptors (Lipinski definition) is 2. The number of ether oxygens (including phenoxy) is 1. The number of halogens is 1. The van der Waals surface area contributed by atoms with Crippen LogP contribution in [0.5, 0.6) is 0 Å². The zero-order valence-corrected chi connectivity index (χ0v) is 10.7. The molecule has 0 heterocycles. The van der Waals surface area contributed by atoms with Crippen LogP contribution in [0.4, 0.5) is 4.39 Å². The summed E-state index contributed by atoms with van der Waals surface area (Å²) in [5.74, 6) is -0.257. The molecule has 96 valence electrons. The van der Waals surface area contributed by atoms with Gasteiger partial charge in [-0.2, -0.15) is 0 Å². The van der Waals surface area contributed by atoms with E-state index < -0.39 is 11.7 Å². The summed E-state index contributed by atoms with van der Waals surface area (Å²) in [7, 11) is 1.63. The minimum Gasteiger partial charge on any atom is -0.390 e. The fraction of sp³-hybridized carbons (Fsp3) is 0.571. The Morgan fingerprint density at radius 1 is 1.24 bits per heavy atom. The third-order valence-corrected chi connectivity index (χ3v) is 3.55. The molecule has 0 spiro atoms. The second-order valence-electron chi connectivity index (χ2n) is 4.32. The fourth-order valence-corrected chi connectivity index (χ4v) is 2.18. The number of benzene rings is 1. The molecule has 2 nitrogen and oxygen atoms in total. The van der Waals surface area contributed by atoms with E-state index in [4.69, 9.17) is 4.74 Å². The van der Waals surface area contributed by atoms with Crippen LogP contribution in [0.3, 0.4) is 0 Å². The first-order valence-electron chi connectivity index (χ1n) is 6.05. The molecule has 1 rings (SSSR count). The van der Waals surface area contributed by atoms with Gasteiger partial charge in [0.15, 0.2) is 0 Å². The van der Waals surface area contributed by atoms with Gasteiger partial charge < -0.3 is 9.84 Å². The van der Waals surface area contributed by atoms with E-state index in [9.17, 15) is 9.50 Å². The van der Waals surface area contributed by atoms with Crippen molar-refractivity contribution in [1.29, 1.82) is 0 Å². The average Bonchev–Trinajstić information content (AvgIpc) is 2.35. The Morgan fingerprint density at radius 3 is 2.18 bits per heavy atom. The van der Waals surface area contributed by atoms with Crippen LogP contribution in [-0.2, 0) is 11.2 Å². The first-order chi connectivity index (χ1) is 8.07. The van der Waals surface area contributed by atoms with E-state index in [1.54, 1.807) is 19.2 Å². The molecule has 0 fully saturated rings. The van der Waals surface area contributed by atoms with Crippen molar-refractivity contribution in [3.63, 3.8) is 0 Å². The van der Waals surface area contributed by atoms with Crippen LogP contribution in [-0.4, -0.2) is 23.9 Å². The van der Waals surface area contributed by atoms with Gasteiger partial charge in [0.05, 0.1) is 11.7 Å². The van der Waals surface area contributed by atoms with Crippen molar-refractivity contribution >= 4 is 0 Å². The number of hydrogen-bond donors (Lipinski definition) is 1. The van der Waals surface area contributed by atoms with Gasteiger partial charge in [-0.3, -0.25) is 0 Å². The van der Waals surface area contributed by atoms with E-state index in [1.165, 1.54) is 12.1 Å². The third kappa shape index (κ3) is 3.27. The van der Waals surface area contributed by atoms with Crippen molar-refractivity contribution in [2.75, 3.05) is 7.11 Å². The van der Waals surface area contributed by atoms with Crippen molar-refractivity contribution in [3.05, 3.63) is 35.6 Å². The van der Waals surface area contributed by atoms with E-state index in [1.807, 2.05) is 13.8 Å². The smallest absolute Gasteiger partial charge is 0.123 e. The van der Waals surface area contributed by atoms with Gasteiger partial charge in [0, 0.05) is 13.5 Å². The van der Waals surface area contributed by atoms with Crippen LogP contribution >= 0.6 is 0 Å². The minimum atomic E-state index is -0.576. The fourth-order valence-electron chi connectivity index (χ4n) is 2.18. The van der Waals surface area contributed by atoms with E-state index >= 15 is 0 Å². The van der Waals surface area contributed by atoms with Gasteiger partial charge in [0.1, 0.15) is 5.82 Å². The quantitative estimate of drug-likeness (QED) is 0.828. The molecule has 0 aromatic heterocycles. The third-order valence-electron chi connectivity index (χ3n) is 3.55. The van der Waals surface area contributed by atoms with E-state index in [-0.39, 0.29) is 5.82 Å². The van der Waals surface area contributed by atoms with Crippen molar-refractivity contribution < 1.29 is 14.2 Å². The predicted octanol–water partition coefficient (Wildman–Crippen LogP) is 2.93. The molecule has 0 aliphatic heterocycles. The van der Waals surface area contributed by atoms with Gasteiger partial charge in [-0.05, 0) is 30.5 Å². The lowest BCUT2D eigenvalue weighted by Crippen LogP contribution is -2.44. The molecule has 0 aliphatic carbocycles. The molecule has 1 atom stereocenters. The highest BCUT2D eigenvalue weighted by atomic mass is 19.1. The van der Waals surface area contributed by atoms with Crippen molar-refractivity contribution in [2.24, 2.45) is 0 Å². The van der Waals surface area contributed by atoms with Gasteiger partial charge in [-0.15, -0.1) is 0 Å². The summed E-state index contributed by atoms with van der Waals surface area (Å²) in [6.07, 6.45) is 1.41. The van der Waals surface area contributed by atoms with E-state index in [2.05, 4.69) is 0 Å². The molecule has 0 saturated carbocycles. The van der Waals surface area contributed by atoms with E-state index in [0.717, 1.165) is 18.4 Å². The van der Waals surface area contributed by atoms with Crippen LogP contribution in [0, 0.1) is 5.82 Å². The zero-order valence-electron chi connectivity index (χ0n) is 10.7. The summed E-state index contributed by atoms with van der Waals surface area (Å²) in [4.78, 5) is 0. The second-order valence-corrected chi connectivity index (χ2v) is 4.32. The highest BCUT2D eigenvalue weighted by Gasteiger charge is 2.34. The molecule has 17 heavy (non-hydrogen) atoms. The van der Waals surface area contributed by atoms with E-state index in [0.29, 0.717) is 6.42 Å². The van der Waals surface area contributed by atoms with Crippen LogP contribution in [0.2, 0.25) is 0 Å². The molecule has 1 aromatic carbocycles. The lowest BCUT2D eigenvalue weighted by atomic mass is 9.86. The maximum Gasteiger partial charge on any atom is 0.123 e. The Kier molecular flexibility index (Phi) is 5.09. The SMILES string of the molecule is CCC(CC)(OC)C(O)Cc1ccc(F)cc1. The molecule has 0 saturated heterocycles. The summed E-state index contributed by atoms with van der Waals surface area (Å²) in [5, 5.41) is 10.3. The summed E-state index contributed by atoms with van der Waals surface area (Å²) >= 11 is 0. The largest absolute Gasteiger partial charge is 0.390 e. The van der Waals surface area contributed by atoms with Gasteiger partial charge in [0.25, 0.3) is 0 Å². The zero-order chi connectivity index (χ0) is 12.9. The molecule has 0 radical (unpaired) electrons. The van der Waals surface area contributed by atoms with Gasteiger partial charge in [0.2, 0.25) is 0 Å². The second kappa shape index (κ2) is 6.12. The first kappa shape index (κ1) is 14.1. The standard InChI is InChI=1S/C14H21FO2/c1-4-14(5-2,17-3)13(16)10-11-6-8-12(15)9-7-11/h6-9,13,16H,4-5,10H2,1-3H3. The molecular weight excluding hydrogens is 219 g/mol. The topological polar surface area (TPSA) is 29.5 Å². The lowest BCUT2D eigenvalue weighted by Gasteiger charge is -2.35. The van der Waals surface area contributed by atoms with Gasteiger partial charge >= 0.3 is 0 Å². The summed E-state index contributed by atoms with van der Waals surface area (Å²) in [5.41, 5.74) is 0.413. The number of rotatable bonds is 6. The number of aliphatic hydroxyl groups excluding tert-OH is 1. The molecule has 3 heteroatoms. The molecule has 1 N–H and O–H groups in total. The summed E-state index contributed by atoms with van der Waals surface area (Å²) in [6, 6.07) is 6.22. The normalized spacial score (nSPS) is 13.7. The van der Waals surface area contributed by atoms with Crippen molar-refractivity contribution in [2.45, 2.75) is 44.8 Å². The van der Waals surface area contributed by atoms with Crippen LogP contribution in [0.1, 0.15) is 32.3 Å². The Morgan fingerprint density at radius 2 is 1.76 bits per heavy atom. The molecule has 1 unspecified atom stereocenters. The van der Waals surface area contributed by atoms with Gasteiger partial charge in [-0.1, -0.05) is 26.0 Å². The Bertz CT molecular complexity index is 322. The number of methoxy groups -OCH3 is 1. The molecule has 0 aliphatic rings. The molecule has 0 bridgehead atoms. The first-order valence-corrected chi connectivity index (χ1v) is 6.05. The lowest BCUT2D eigenvalue weighted by molar-refractivity contribution is -0.106. The highest BCUT2D eigenvalue weighted by Crippen LogP contribution is 2.26. The number of aliphatic hydroxyl groups is 1. The summed E-state index contributed by atoms with van der Waals surface area (Å²) in [6.45, 7) is 4.00. The van der Waals surface area contributed by atoms with Crippen molar-refractivity contribution in [1.82, 2.24) is 0 Å². The Hall–Kier alpha value is -0.930. The highest BCUT2D eigenvalue weighted by molar-refractivity contribution is 5.17. The molecular formula is C14H21FO2.